The van der Waals surface area contributed by atoms with Gasteiger partial charge in [-0.2, -0.15) is 0 Å². The lowest BCUT2D eigenvalue weighted by atomic mass is 9.70. The molecule has 0 N–H and O–H groups in total. The van der Waals surface area contributed by atoms with Crippen LogP contribution in [0.2, 0.25) is 0 Å². The molecule has 65 heavy (non-hydrogen) atoms. The van der Waals surface area contributed by atoms with Gasteiger partial charge in [-0.25, -0.2) is 0 Å². The Kier molecular flexibility index (Phi) is 7.97. The maximum Gasteiger partial charge on any atom is 0.0727 e. The topological polar surface area (TPSA) is 6.48 Å². The van der Waals surface area contributed by atoms with Crippen LogP contribution in [0.1, 0.15) is 22.3 Å². The van der Waals surface area contributed by atoms with Crippen molar-refractivity contribution in [3.63, 3.8) is 0 Å². The average molecular weight is 863 g/mol. The van der Waals surface area contributed by atoms with Crippen LogP contribution in [0.5, 0.6) is 0 Å². The zero-order valence-corrected chi connectivity index (χ0v) is 36.8. The lowest BCUT2D eigenvalue weighted by Crippen LogP contribution is -2.26. The fraction of sp³-hybridized carbons (Fsp3) is 0.0164. The first-order valence-electron chi connectivity index (χ1n) is 22.3. The minimum atomic E-state index is -0.570. The van der Waals surface area contributed by atoms with E-state index in [9.17, 15) is 0 Å². The summed E-state index contributed by atoms with van der Waals surface area (Å²) in [5.74, 6) is 0. The monoisotopic (exact) mass is 862 g/mol. The van der Waals surface area contributed by atoms with Gasteiger partial charge >= 0.3 is 0 Å². The number of para-hydroxylation sites is 2. The molecule has 2 aliphatic rings. The summed E-state index contributed by atoms with van der Waals surface area (Å²) in [4.78, 5) is 5.01. The first-order chi connectivity index (χ1) is 32.3. The number of rotatable bonds is 6. The Bertz CT molecular complexity index is 3870. The molecular formula is C61H38N2S2. The molecule has 12 aromatic rings. The Morgan fingerprint density at radius 1 is 0.308 bits per heavy atom. The number of nitrogens with zero attached hydrogens (tertiary/aromatic N) is 2. The molecule has 4 heteroatoms. The van der Waals surface area contributed by atoms with Gasteiger partial charge in [0, 0.05) is 58.3 Å². The molecule has 304 valence electrons. The highest BCUT2D eigenvalue weighted by atomic mass is 32.1. The Balaban J connectivity index is 1.05. The van der Waals surface area contributed by atoms with E-state index in [4.69, 9.17) is 0 Å². The van der Waals surface area contributed by atoms with Gasteiger partial charge in [0.25, 0.3) is 0 Å². The standard InChI is InChI=1S/C61H38N2S2/c1-3-18-39(19-4-1)62(54-32-15-26-45-44-23-9-13-33-55(44)65-60(45)54)41-36-37-43-42-22-7-11-27-48(42)61(51(43)38-41)49-28-12-8-24-46(49)58-50(61)29-16-30-52(58)63(40-20-5-2-6-21-40)53-31-17-35-57-59(53)47-25-10-14-34-56(47)64-57/h1-38H. The normalized spacial score (nSPS) is 14.5. The van der Waals surface area contributed by atoms with E-state index in [1.807, 2.05) is 22.7 Å². The largest absolute Gasteiger partial charge is 0.309 e. The second-order valence-corrected chi connectivity index (χ2v) is 19.2. The SMILES string of the molecule is c1ccc(N(c2ccc3c(c2)C2(c4ccccc4-3)c3ccccc3-c3c(N(c4ccccc4)c4cccc5sc6ccccc6c45)cccc32)c2cccc3c2sc2ccccc23)cc1. The molecule has 2 aliphatic carbocycles. The molecule has 14 rings (SSSR count). The van der Waals surface area contributed by atoms with Crippen molar-refractivity contribution < 1.29 is 0 Å². The van der Waals surface area contributed by atoms with Gasteiger partial charge in [-0.15, -0.1) is 22.7 Å². The van der Waals surface area contributed by atoms with Crippen LogP contribution in [0, 0.1) is 0 Å². The summed E-state index contributed by atoms with van der Waals surface area (Å²) in [6, 6.07) is 85.8. The summed E-state index contributed by atoms with van der Waals surface area (Å²) >= 11 is 3.75. The zero-order valence-electron chi connectivity index (χ0n) is 35.2. The second kappa shape index (κ2) is 14.1. The summed E-state index contributed by atoms with van der Waals surface area (Å²) in [5.41, 5.74) is 16.7. The molecule has 2 heterocycles. The van der Waals surface area contributed by atoms with Crippen LogP contribution in [-0.2, 0) is 5.41 Å². The maximum atomic E-state index is 2.52. The fourth-order valence-electron chi connectivity index (χ4n) is 11.3. The third-order valence-corrected chi connectivity index (χ3v) is 16.2. The maximum absolute atomic E-state index is 2.52. The van der Waals surface area contributed by atoms with E-state index in [0.29, 0.717) is 0 Å². The number of hydrogen-bond acceptors (Lipinski definition) is 4. The Morgan fingerprint density at radius 2 is 0.846 bits per heavy atom. The van der Waals surface area contributed by atoms with Gasteiger partial charge in [-0.05, 0) is 112 Å². The smallest absolute Gasteiger partial charge is 0.0727 e. The molecule has 1 atom stereocenters. The van der Waals surface area contributed by atoms with E-state index in [1.54, 1.807) is 0 Å². The Hall–Kier alpha value is -7.76. The third-order valence-electron chi connectivity index (χ3n) is 13.8. The van der Waals surface area contributed by atoms with Crippen LogP contribution in [0.25, 0.3) is 62.6 Å². The quantitative estimate of drug-likeness (QED) is 0.164. The number of fused-ring (bicyclic) bond motifs is 16. The van der Waals surface area contributed by atoms with Crippen LogP contribution in [0.15, 0.2) is 231 Å². The number of hydrogen-bond donors (Lipinski definition) is 0. The first kappa shape index (κ1) is 36.7. The van der Waals surface area contributed by atoms with E-state index >= 15 is 0 Å². The van der Waals surface area contributed by atoms with Gasteiger partial charge in [0.05, 0.1) is 27.2 Å². The van der Waals surface area contributed by atoms with E-state index in [1.165, 1.54) is 102 Å². The number of thiophene rings is 2. The molecule has 0 aliphatic heterocycles. The highest BCUT2D eigenvalue weighted by Gasteiger charge is 2.52. The zero-order chi connectivity index (χ0) is 42.6. The van der Waals surface area contributed by atoms with Crippen LogP contribution in [0.3, 0.4) is 0 Å². The Morgan fingerprint density at radius 3 is 1.65 bits per heavy atom. The van der Waals surface area contributed by atoms with Crippen molar-refractivity contribution in [2.75, 3.05) is 9.80 Å². The van der Waals surface area contributed by atoms with Crippen molar-refractivity contribution >= 4 is 97.1 Å². The highest BCUT2D eigenvalue weighted by molar-refractivity contribution is 7.26. The molecule has 0 bridgehead atoms. The third kappa shape index (κ3) is 5.15. The molecule has 0 saturated carbocycles. The first-order valence-corrected chi connectivity index (χ1v) is 23.9. The van der Waals surface area contributed by atoms with Gasteiger partial charge in [0.2, 0.25) is 0 Å². The summed E-state index contributed by atoms with van der Waals surface area (Å²) in [6.07, 6.45) is 0. The predicted molar refractivity (Wildman–Crippen MR) is 278 cm³/mol. The molecule has 2 nitrogen and oxygen atoms in total. The summed E-state index contributed by atoms with van der Waals surface area (Å²) < 4.78 is 5.17. The summed E-state index contributed by atoms with van der Waals surface area (Å²) in [5, 5.41) is 5.16. The van der Waals surface area contributed by atoms with Crippen LogP contribution < -0.4 is 9.80 Å². The van der Waals surface area contributed by atoms with Crippen molar-refractivity contribution in [1.29, 1.82) is 0 Å². The van der Waals surface area contributed by atoms with Gasteiger partial charge in [0.1, 0.15) is 0 Å². The molecule has 0 amide bonds. The molecule has 10 aromatic carbocycles. The minimum absolute atomic E-state index is 0.570. The van der Waals surface area contributed by atoms with Gasteiger partial charge < -0.3 is 9.80 Å². The summed E-state index contributed by atoms with van der Waals surface area (Å²) in [6.45, 7) is 0. The minimum Gasteiger partial charge on any atom is -0.309 e. The molecule has 0 fully saturated rings. The predicted octanol–water partition coefficient (Wildman–Crippen LogP) is 17.7. The molecule has 1 spiro atoms. The van der Waals surface area contributed by atoms with E-state index in [-0.39, 0.29) is 0 Å². The van der Waals surface area contributed by atoms with Gasteiger partial charge in [-0.1, -0.05) is 158 Å². The van der Waals surface area contributed by atoms with Gasteiger partial charge in [-0.3, -0.25) is 0 Å². The van der Waals surface area contributed by atoms with Crippen molar-refractivity contribution in [2.24, 2.45) is 0 Å². The van der Waals surface area contributed by atoms with Crippen LogP contribution >= 0.6 is 22.7 Å². The van der Waals surface area contributed by atoms with Gasteiger partial charge in [0.15, 0.2) is 0 Å². The highest BCUT2D eigenvalue weighted by Crippen LogP contribution is 2.65. The van der Waals surface area contributed by atoms with Crippen molar-refractivity contribution in [2.45, 2.75) is 5.41 Å². The molecule has 0 radical (unpaired) electrons. The lowest BCUT2D eigenvalue weighted by molar-refractivity contribution is 0.793. The molecular weight excluding hydrogens is 825 g/mol. The molecule has 2 aromatic heterocycles. The van der Waals surface area contributed by atoms with Crippen LogP contribution in [0.4, 0.5) is 34.1 Å². The number of benzene rings is 10. The second-order valence-electron chi connectivity index (χ2n) is 17.1. The fourth-order valence-corrected chi connectivity index (χ4v) is 13.7. The van der Waals surface area contributed by atoms with E-state index in [0.717, 1.165) is 17.1 Å². The van der Waals surface area contributed by atoms with Crippen molar-refractivity contribution in [3.8, 4) is 22.3 Å². The van der Waals surface area contributed by atoms with E-state index in [2.05, 4.69) is 240 Å². The lowest BCUT2D eigenvalue weighted by Gasteiger charge is -2.33. The van der Waals surface area contributed by atoms with Crippen molar-refractivity contribution in [1.82, 2.24) is 0 Å². The van der Waals surface area contributed by atoms with Crippen LogP contribution in [-0.4, -0.2) is 0 Å². The Labute approximate surface area is 385 Å². The summed E-state index contributed by atoms with van der Waals surface area (Å²) in [7, 11) is 0. The molecule has 1 unspecified atom stereocenters. The molecule has 0 saturated heterocycles. The van der Waals surface area contributed by atoms with E-state index < -0.39 is 5.41 Å². The number of anilines is 6. The van der Waals surface area contributed by atoms with Crippen molar-refractivity contribution in [3.05, 3.63) is 253 Å². The average Bonchev–Trinajstić information content (AvgIpc) is 4.11.